The van der Waals surface area contributed by atoms with Crippen LogP contribution >= 0.6 is 0 Å². The second-order valence-corrected chi connectivity index (χ2v) is 3.88. The van der Waals surface area contributed by atoms with Crippen LogP contribution in [0.5, 0.6) is 0 Å². The molecule has 92 valence electrons. The first-order valence-corrected chi connectivity index (χ1v) is 5.86. The third kappa shape index (κ3) is 2.96. The highest BCUT2D eigenvalue weighted by Crippen LogP contribution is 2.15. The van der Waals surface area contributed by atoms with Crippen molar-refractivity contribution in [1.82, 2.24) is 15.0 Å². The number of hydrogen-bond donors (Lipinski definition) is 1. The van der Waals surface area contributed by atoms with Crippen LogP contribution in [0.4, 0.5) is 0 Å². The van der Waals surface area contributed by atoms with E-state index < -0.39 is 6.10 Å². The zero-order valence-corrected chi connectivity index (χ0v) is 10.2. The van der Waals surface area contributed by atoms with E-state index in [1.807, 2.05) is 30.3 Å². The normalized spacial score (nSPS) is 11.7. The van der Waals surface area contributed by atoms with E-state index in [2.05, 4.69) is 22.0 Å². The monoisotopic (exact) mass is 241 g/mol. The predicted octanol–water partition coefficient (Wildman–Crippen LogP) is 2.10. The fourth-order valence-electron chi connectivity index (χ4n) is 1.60. The Morgan fingerprint density at radius 1 is 1.33 bits per heavy atom. The van der Waals surface area contributed by atoms with E-state index in [1.165, 1.54) is 4.80 Å². The molecule has 1 unspecified atom stereocenters. The molecule has 0 saturated heterocycles. The summed E-state index contributed by atoms with van der Waals surface area (Å²) < 4.78 is 0. The van der Waals surface area contributed by atoms with Crippen LogP contribution in [0, 0.1) is 11.8 Å². The molecule has 0 spiro atoms. The van der Waals surface area contributed by atoms with E-state index >= 15 is 0 Å². The minimum Gasteiger partial charge on any atom is -0.387 e. The fourth-order valence-corrected chi connectivity index (χ4v) is 1.60. The lowest BCUT2D eigenvalue weighted by atomic mass is 10.1. The summed E-state index contributed by atoms with van der Waals surface area (Å²) in [7, 11) is 0. The minimum absolute atomic E-state index is 0.578. The Morgan fingerprint density at radius 3 is 2.83 bits per heavy atom. The molecular formula is C14H15N3O. The molecule has 0 aliphatic heterocycles. The maximum atomic E-state index is 9.92. The number of nitrogens with zero attached hydrogens (tertiary/aromatic N) is 3. The highest BCUT2D eigenvalue weighted by molar-refractivity contribution is 5.28. The molecule has 0 amide bonds. The SMILES string of the molecule is CC#CCCC(O)c1cnn(-c2ccccc2)n1. The molecule has 4 heteroatoms. The van der Waals surface area contributed by atoms with Crippen LogP contribution in [0.15, 0.2) is 36.5 Å². The number of aliphatic hydroxyl groups excluding tert-OH is 1. The van der Waals surface area contributed by atoms with Gasteiger partial charge in [0.2, 0.25) is 0 Å². The number of hydrogen-bond acceptors (Lipinski definition) is 3. The van der Waals surface area contributed by atoms with Gasteiger partial charge in [-0.2, -0.15) is 15.0 Å². The molecule has 1 heterocycles. The highest BCUT2D eigenvalue weighted by Gasteiger charge is 2.11. The summed E-state index contributed by atoms with van der Waals surface area (Å²) in [4.78, 5) is 1.52. The maximum Gasteiger partial charge on any atom is 0.112 e. The number of rotatable bonds is 4. The van der Waals surface area contributed by atoms with Crippen LogP contribution in [0.2, 0.25) is 0 Å². The first kappa shape index (κ1) is 12.3. The predicted molar refractivity (Wildman–Crippen MR) is 69.0 cm³/mol. The van der Waals surface area contributed by atoms with E-state index in [1.54, 1.807) is 13.1 Å². The lowest BCUT2D eigenvalue weighted by molar-refractivity contribution is 0.164. The Bertz CT molecular complexity index is 551. The lowest BCUT2D eigenvalue weighted by Crippen LogP contribution is -2.02. The van der Waals surface area contributed by atoms with Gasteiger partial charge in [-0.3, -0.25) is 0 Å². The summed E-state index contributed by atoms with van der Waals surface area (Å²) in [5.41, 5.74) is 1.46. The Labute approximate surface area is 106 Å². The van der Waals surface area contributed by atoms with Crippen molar-refractivity contribution < 1.29 is 5.11 Å². The van der Waals surface area contributed by atoms with Crippen molar-refractivity contribution in [3.63, 3.8) is 0 Å². The maximum absolute atomic E-state index is 9.92. The van der Waals surface area contributed by atoms with Gasteiger partial charge in [-0.25, -0.2) is 0 Å². The summed E-state index contributed by atoms with van der Waals surface area (Å²) >= 11 is 0. The molecule has 1 atom stereocenters. The highest BCUT2D eigenvalue weighted by atomic mass is 16.3. The molecule has 0 fully saturated rings. The van der Waals surface area contributed by atoms with Gasteiger partial charge in [0.1, 0.15) is 11.8 Å². The third-order valence-electron chi connectivity index (χ3n) is 2.56. The molecule has 18 heavy (non-hydrogen) atoms. The molecule has 2 aromatic rings. The number of aromatic nitrogens is 3. The van der Waals surface area contributed by atoms with Gasteiger partial charge < -0.3 is 5.11 Å². The van der Waals surface area contributed by atoms with Crippen molar-refractivity contribution >= 4 is 0 Å². The van der Waals surface area contributed by atoms with Crippen LogP contribution < -0.4 is 0 Å². The zero-order valence-electron chi connectivity index (χ0n) is 10.2. The molecule has 0 aliphatic rings. The van der Waals surface area contributed by atoms with Crippen molar-refractivity contribution in [2.45, 2.75) is 25.9 Å². The minimum atomic E-state index is -0.608. The molecule has 4 nitrogen and oxygen atoms in total. The van der Waals surface area contributed by atoms with Crippen molar-refractivity contribution in [1.29, 1.82) is 0 Å². The Hall–Kier alpha value is -2.12. The van der Waals surface area contributed by atoms with Crippen LogP contribution in [-0.2, 0) is 0 Å². The number of aliphatic hydroxyl groups is 1. The van der Waals surface area contributed by atoms with Gasteiger partial charge in [0.15, 0.2) is 0 Å². The van der Waals surface area contributed by atoms with Crippen LogP contribution in [-0.4, -0.2) is 20.1 Å². The Morgan fingerprint density at radius 2 is 2.11 bits per heavy atom. The van der Waals surface area contributed by atoms with E-state index in [0.29, 0.717) is 18.5 Å². The van der Waals surface area contributed by atoms with Gasteiger partial charge in [-0.1, -0.05) is 18.2 Å². The van der Waals surface area contributed by atoms with Crippen molar-refractivity contribution in [3.05, 3.63) is 42.2 Å². The lowest BCUT2D eigenvalue weighted by Gasteiger charge is -2.03. The third-order valence-corrected chi connectivity index (χ3v) is 2.56. The quantitative estimate of drug-likeness (QED) is 0.834. The van der Waals surface area contributed by atoms with Gasteiger partial charge >= 0.3 is 0 Å². The second-order valence-electron chi connectivity index (χ2n) is 3.88. The average molecular weight is 241 g/mol. The van der Waals surface area contributed by atoms with Gasteiger partial charge in [0.25, 0.3) is 0 Å². The molecule has 0 radical (unpaired) electrons. The van der Waals surface area contributed by atoms with Crippen LogP contribution in [0.3, 0.4) is 0 Å². The Balaban J connectivity index is 2.07. The van der Waals surface area contributed by atoms with Gasteiger partial charge in [-0.15, -0.1) is 11.8 Å². The molecule has 0 saturated carbocycles. The van der Waals surface area contributed by atoms with Crippen LogP contribution in [0.1, 0.15) is 31.6 Å². The summed E-state index contributed by atoms with van der Waals surface area (Å²) in [5.74, 6) is 5.73. The summed E-state index contributed by atoms with van der Waals surface area (Å²) in [6.45, 7) is 1.79. The van der Waals surface area contributed by atoms with Crippen molar-refractivity contribution in [3.8, 4) is 17.5 Å². The summed E-state index contributed by atoms with van der Waals surface area (Å²) in [6, 6.07) is 9.61. The smallest absolute Gasteiger partial charge is 0.112 e. The zero-order chi connectivity index (χ0) is 12.8. The first-order valence-electron chi connectivity index (χ1n) is 5.86. The van der Waals surface area contributed by atoms with E-state index in [0.717, 1.165) is 5.69 Å². The van der Waals surface area contributed by atoms with Crippen molar-refractivity contribution in [2.75, 3.05) is 0 Å². The topological polar surface area (TPSA) is 50.9 Å². The van der Waals surface area contributed by atoms with E-state index in [-0.39, 0.29) is 0 Å². The van der Waals surface area contributed by atoms with E-state index in [9.17, 15) is 5.11 Å². The van der Waals surface area contributed by atoms with Crippen LogP contribution in [0.25, 0.3) is 5.69 Å². The fraction of sp³-hybridized carbons (Fsp3) is 0.286. The number of benzene rings is 1. The number of para-hydroxylation sites is 1. The van der Waals surface area contributed by atoms with E-state index in [4.69, 9.17) is 0 Å². The molecule has 0 bridgehead atoms. The van der Waals surface area contributed by atoms with Crippen molar-refractivity contribution in [2.24, 2.45) is 0 Å². The molecule has 1 aromatic carbocycles. The molecule has 1 aromatic heterocycles. The summed E-state index contributed by atoms with van der Waals surface area (Å²) in [6.07, 6.45) is 2.23. The van der Waals surface area contributed by atoms with Gasteiger partial charge in [0.05, 0.1) is 11.9 Å². The molecule has 0 aliphatic carbocycles. The second kappa shape index (κ2) is 5.99. The summed E-state index contributed by atoms with van der Waals surface area (Å²) in [5, 5.41) is 18.3. The van der Waals surface area contributed by atoms with Gasteiger partial charge in [-0.05, 0) is 25.5 Å². The van der Waals surface area contributed by atoms with Gasteiger partial charge in [0, 0.05) is 6.42 Å². The standard InChI is InChI=1S/C14H15N3O/c1-2-3-5-10-14(18)13-11-15-17(16-13)12-8-6-4-7-9-12/h4,6-9,11,14,18H,5,10H2,1H3. The molecular weight excluding hydrogens is 226 g/mol. The Kier molecular flexibility index (Phi) is 4.11. The largest absolute Gasteiger partial charge is 0.387 e. The average Bonchev–Trinajstić information content (AvgIpc) is 2.89. The first-order chi connectivity index (χ1) is 8.81. The molecule has 2 rings (SSSR count). The molecule has 1 N–H and O–H groups in total.